The summed E-state index contributed by atoms with van der Waals surface area (Å²) in [6.45, 7) is 3.04. The van der Waals surface area contributed by atoms with Crippen LogP contribution in [0.4, 0.5) is 4.79 Å². The van der Waals surface area contributed by atoms with E-state index in [1.54, 1.807) is 18.0 Å². The number of aryl methyl sites for hydroxylation is 1. The maximum Gasteiger partial charge on any atom is 0.317 e. The molecule has 0 spiro atoms. The third kappa shape index (κ3) is 2.92. The zero-order valence-corrected chi connectivity index (χ0v) is 11.8. The second-order valence-corrected chi connectivity index (χ2v) is 5.47. The van der Waals surface area contributed by atoms with E-state index in [0.29, 0.717) is 32.5 Å². The third-order valence-corrected chi connectivity index (χ3v) is 3.99. The molecule has 0 unspecified atom stereocenters. The van der Waals surface area contributed by atoms with E-state index in [9.17, 15) is 9.59 Å². The Labute approximate surface area is 117 Å². The lowest BCUT2D eigenvalue weighted by molar-refractivity contribution is -0.150. The Morgan fingerprint density at radius 1 is 1.45 bits per heavy atom. The number of carbonyl (C=O) groups is 2. The van der Waals surface area contributed by atoms with Crippen molar-refractivity contribution in [2.24, 2.45) is 12.5 Å². The van der Waals surface area contributed by atoms with Crippen molar-refractivity contribution in [2.75, 3.05) is 13.1 Å². The number of imidazole rings is 1. The van der Waals surface area contributed by atoms with Crippen LogP contribution in [0.2, 0.25) is 0 Å². The predicted octanol–water partition coefficient (Wildman–Crippen LogP) is 0.816. The second kappa shape index (κ2) is 5.52. The summed E-state index contributed by atoms with van der Waals surface area (Å²) in [6.07, 6.45) is 4.47. The van der Waals surface area contributed by atoms with Crippen molar-refractivity contribution in [1.82, 2.24) is 19.8 Å². The van der Waals surface area contributed by atoms with Crippen molar-refractivity contribution in [3.05, 3.63) is 18.2 Å². The summed E-state index contributed by atoms with van der Waals surface area (Å²) in [5, 5.41) is 12.0. The number of urea groups is 1. The molecule has 0 aliphatic carbocycles. The summed E-state index contributed by atoms with van der Waals surface area (Å²) in [4.78, 5) is 28.9. The first-order valence-electron chi connectivity index (χ1n) is 6.65. The molecule has 2 N–H and O–H groups in total. The van der Waals surface area contributed by atoms with Gasteiger partial charge >= 0.3 is 12.0 Å². The molecule has 0 atom stereocenters. The Hall–Kier alpha value is -2.05. The van der Waals surface area contributed by atoms with Crippen LogP contribution in [-0.2, 0) is 18.4 Å². The molecule has 1 fully saturated rings. The van der Waals surface area contributed by atoms with E-state index in [0.717, 1.165) is 5.82 Å². The first kappa shape index (κ1) is 14.4. The maximum atomic E-state index is 12.0. The molecule has 7 nitrogen and oxygen atoms in total. The normalized spacial score (nSPS) is 17.8. The topological polar surface area (TPSA) is 87.5 Å². The molecule has 1 saturated heterocycles. The summed E-state index contributed by atoms with van der Waals surface area (Å²) in [5.41, 5.74) is -0.712. The number of carboxylic acid groups (broad SMARTS) is 1. The molecule has 2 heterocycles. The molecule has 110 valence electrons. The van der Waals surface area contributed by atoms with Gasteiger partial charge < -0.3 is 19.9 Å². The number of aliphatic carboxylic acids is 1. The van der Waals surface area contributed by atoms with Crippen LogP contribution in [0.15, 0.2) is 12.4 Å². The number of likely N-dealkylation sites (tertiary alicyclic amines) is 1. The van der Waals surface area contributed by atoms with Gasteiger partial charge in [0.2, 0.25) is 0 Å². The standard InChI is InChI=1S/C13H20N4O3/c1-13(11(18)19)3-6-17(7-4-13)12(20)15-9-10-14-5-8-16(10)2/h5,8H,3-4,6-7,9H2,1-2H3,(H,15,20)(H,18,19). The van der Waals surface area contributed by atoms with Gasteiger partial charge in [0.1, 0.15) is 5.82 Å². The molecule has 1 aromatic rings. The first-order chi connectivity index (χ1) is 9.42. The lowest BCUT2D eigenvalue weighted by Crippen LogP contribution is -2.48. The summed E-state index contributed by atoms with van der Waals surface area (Å²) < 4.78 is 1.85. The van der Waals surface area contributed by atoms with Crippen molar-refractivity contribution >= 4 is 12.0 Å². The van der Waals surface area contributed by atoms with Gasteiger partial charge in [0.15, 0.2) is 0 Å². The minimum Gasteiger partial charge on any atom is -0.481 e. The molecule has 0 radical (unpaired) electrons. The van der Waals surface area contributed by atoms with Crippen LogP contribution in [-0.4, -0.2) is 44.6 Å². The second-order valence-electron chi connectivity index (χ2n) is 5.47. The number of aromatic nitrogens is 2. The van der Waals surface area contributed by atoms with Crippen molar-refractivity contribution in [2.45, 2.75) is 26.3 Å². The van der Waals surface area contributed by atoms with E-state index in [2.05, 4.69) is 10.3 Å². The molecular formula is C13H20N4O3. The average Bonchev–Trinajstić information content (AvgIpc) is 2.82. The molecule has 2 amide bonds. The lowest BCUT2D eigenvalue weighted by atomic mass is 9.80. The average molecular weight is 280 g/mol. The Kier molecular flexibility index (Phi) is 3.96. The molecule has 0 aromatic carbocycles. The van der Waals surface area contributed by atoms with E-state index < -0.39 is 11.4 Å². The number of amides is 2. The zero-order chi connectivity index (χ0) is 14.8. The zero-order valence-electron chi connectivity index (χ0n) is 11.8. The minimum atomic E-state index is -0.787. The van der Waals surface area contributed by atoms with Crippen molar-refractivity contribution in [1.29, 1.82) is 0 Å². The van der Waals surface area contributed by atoms with Gasteiger partial charge in [-0.25, -0.2) is 9.78 Å². The van der Waals surface area contributed by atoms with E-state index in [4.69, 9.17) is 5.11 Å². The van der Waals surface area contributed by atoms with Crippen LogP contribution in [0.25, 0.3) is 0 Å². The fourth-order valence-electron chi connectivity index (χ4n) is 2.25. The summed E-state index contributed by atoms with van der Waals surface area (Å²) in [6, 6.07) is -0.166. The molecular weight excluding hydrogens is 260 g/mol. The van der Waals surface area contributed by atoms with E-state index >= 15 is 0 Å². The van der Waals surface area contributed by atoms with Crippen molar-refractivity contribution < 1.29 is 14.7 Å². The number of nitrogens with zero attached hydrogens (tertiary/aromatic N) is 3. The molecule has 0 bridgehead atoms. The first-order valence-corrected chi connectivity index (χ1v) is 6.65. The minimum absolute atomic E-state index is 0.166. The van der Waals surface area contributed by atoms with Gasteiger partial charge in [-0.15, -0.1) is 0 Å². The highest BCUT2D eigenvalue weighted by molar-refractivity contribution is 5.76. The molecule has 7 heteroatoms. The van der Waals surface area contributed by atoms with E-state index in [1.807, 2.05) is 17.8 Å². The number of carbonyl (C=O) groups excluding carboxylic acids is 1. The SMILES string of the molecule is Cn1ccnc1CNC(=O)N1CCC(C)(C(=O)O)CC1. The summed E-state index contributed by atoms with van der Waals surface area (Å²) >= 11 is 0. The molecule has 0 saturated carbocycles. The molecule has 2 rings (SSSR count). The lowest BCUT2D eigenvalue weighted by Gasteiger charge is -2.36. The smallest absolute Gasteiger partial charge is 0.317 e. The Morgan fingerprint density at radius 2 is 2.10 bits per heavy atom. The highest BCUT2D eigenvalue weighted by Crippen LogP contribution is 2.30. The Balaban J connectivity index is 1.83. The highest BCUT2D eigenvalue weighted by atomic mass is 16.4. The van der Waals surface area contributed by atoms with Crippen LogP contribution in [0.5, 0.6) is 0 Å². The van der Waals surface area contributed by atoms with Gasteiger partial charge in [-0.05, 0) is 19.8 Å². The van der Waals surface area contributed by atoms with Gasteiger partial charge in [-0.1, -0.05) is 0 Å². The quantitative estimate of drug-likeness (QED) is 0.858. The predicted molar refractivity (Wildman–Crippen MR) is 72.0 cm³/mol. The van der Waals surface area contributed by atoms with Gasteiger partial charge in [0.05, 0.1) is 12.0 Å². The third-order valence-electron chi connectivity index (χ3n) is 3.99. The highest BCUT2D eigenvalue weighted by Gasteiger charge is 2.37. The number of hydrogen-bond donors (Lipinski definition) is 2. The Morgan fingerprint density at radius 3 is 2.60 bits per heavy atom. The van der Waals surface area contributed by atoms with Crippen molar-refractivity contribution in [3.8, 4) is 0 Å². The van der Waals surface area contributed by atoms with Crippen LogP contribution in [0, 0.1) is 5.41 Å². The summed E-state index contributed by atoms with van der Waals surface area (Å²) in [7, 11) is 1.87. The fraction of sp³-hybridized carbons (Fsp3) is 0.615. The number of carboxylic acids is 1. The monoisotopic (exact) mass is 280 g/mol. The molecule has 20 heavy (non-hydrogen) atoms. The number of hydrogen-bond acceptors (Lipinski definition) is 3. The van der Waals surface area contributed by atoms with Crippen LogP contribution < -0.4 is 5.32 Å². The molecule has 1 aromatic heterocycles. The number of piperidine rings is 1. The van der Waals surface area contributed by atoms with Crippen LogP contribution in [0.1, 0.15) is 25.6 Å². The van der Waals surface area contributed by atoms with Crippen LogP contribution >= 0.6 is 0 Å². The Bertz CT molecular complexity index is 503. The van der Waals surface area contributed by atoms with Crippen LogP contribution in [0.3, 0.4) is 0 Å². The maximum absolute atomic E-state index is 12.0. The van der Waals surface area contributed by atoms with Gasteiger partial charge in [-0.2, -0.15) is 0 Å². The number of nitrogens with one attached hydrogen (secondary N) is 1. The summed E-state index contributed by atoms with van der Waals surface area (Å²) in [5.74, 6) is -0.00342. The van der Waals surface area contributed by atoms with E-state index in [-0.39, 0.29) is 6.03 Å². The van der Waals surface area contributed by atoms with Crippen molar-refractivity contribution in [3.63, 3.8) is 0 Å². The van der Waals surface area contributed by atoms with Gasteiger partial charge in [0.25, 0.3) is 0 Å². The molecule has 1 aliphatic rings. The largest absolute Gasteiger partial charge is 0.481 e. The fourth-order valence-corrected chi connectivity index (χ4v) is 2.25. The molecule has 1 aliphatic heterocycles. The van der Waals surface area contributed by atoms with Gasteiger partial charge in [-0.3, -0.25) is 4.79 Å². The van der Waals surface area contributed by atoms with Gasteiger partial charge in [0, 0.05) is 32.5 Å². The number of rotatable bonds is 3. The van der Waals surface area contributed by atoms with E-state index in [1.165, 1.54) is 0 Å².